The van der Waals surface area contributed by atoms with Crippen LogP contribution in [0.3, 0.4) is 0 Å². The summed E-state index contributed by atoms with van der Waals surface area (Å²) in [6.07, 6.45) is 6.42. The lowest BCUT2D eigenvalue weighted by molar-refractivity contribution is 0.0707. The molecule has 0 radical (unpaired) electrons. The Hall–Kier alpha value is -2.20. The number of benzene rings is 1. The van der Waals surface area contributed by atoms with Crippen molar-refractivity contribution < 1.29 is 4.79 Å². The quantitative estimate of drug-likeness (QED) is 0.916. The first-order valence-electron chi connectivity index (χ1n) is 9.35. The van der Waals surface area contributed by atoms with Crippen molar-refractivity contribution >= 4 is 5.91 Å². The molecule has 1 N–H and O–H groups in total. The van der Waals surface area contributed by atoms with Crippen LogP contribution in [-0.4, -0.2) is 41.0 Å². The lowest BCUT2D eigenvalue weighted by Gasteiger charge is -2.31. The van der Waals surface area contributed by atoms with Crippen molar-refractivity contribution in [3.05, 3.63) is 66.0 Å². The van der Waals surface area contributed by atoms with Crippen LogP contribution in [0.25, 0.3) is 0 Å². The molecule has 1 aromatic carbocycles. The average molecular weight is 335 g/mol. The minimum absolute atomic E-state index is 0.0661. The summed E-state index contributed by atoms with van der Waals surface area (Å²) < 4.78 is 0. The van der Waals surface area contributed by atoms with Crippen LogP contribution in [0.5, 0.6) is 0 Å². The molecule has 4 heteroatoms. The molecular weight excluding hydrogens is 310 g/mol. The van der Waals surface area contributed by atoms with Crippen molar-refractivity contribution in [3.63, 3.8) is 0 Å². The van der Waals surface area contributed by atoms with Gasteiger partial charge in [0.15, 0.2) is 0 Å². The van der Waals surface area contributed by atoms with Crippen LogP contribution < -0.4 is 5.32 Å². The number of carbonyl (C=O) groups excluding carboxylic acids is 1. The average Bonchev–Trinajstić information content (AvgIpc) is 2.99. The maximum absolute atomic E-state index is 13.1. The largest absolute Gasteiger partial charge is 0.332 e. The molecular formula is C21H25N3O. The number of aromatic nitrogens is 1. The summed E-state index contributed by atoms with van der Waals surface area (Å²) in [6.45, 7) is 1.80. The van der Waals surface area contributed by atoms with Gasteiger partial charge in [0, 0.05) is 30.7 Å². The lowest BCUT2D eigenvalue weighted by atomic mass is 9.88. The molecule has 1 amide bonds. The van der Waals surface area contributed by atoms with Gasteiger partial charge in [0.1, 0.15) is 5.69 Å². The van der Waals surface area contributed by atoms with Crippen LogP contribution >= 0.6 is 0 Å². The van der Waals surface area contributed by atoms with E-state index in [0.29, 0.717) is 17.7 Å². The van der Waals surface area contributed by atoms with Gasteiger partial charge in [-0.25, -0.2) is 0 Å². The van der Waals surface area contributed by atoms with Gasteiger partial charge in [-0.3, -0.25) is 9.78 Å². The molecule has 0 unspecified atom stereocenters. The SMILES string of the molecule is O=C(c1ccccn1)N1C[C@@H](c2ccccc2)[C@@H]2NCCCCC[C@@H]21. The van der Waals surface area contributed by atoms with Crippen molar-refractivity contribution in [2.75, 3.05) is 13.1 Å². The fourth-order valence-electron chi connectivity index (χ4n) is 4.34. The maximum atomic E-state index is 13.1. The molecule has 1 aromatic heterocycles. The second-order valence-electron chi connectivity index (χ2n) is 7.09. The van der Waals surface area contributed by atoms with E-state index in [0.717, 1.165) is 19.5 Å². The molecule has 2 aliphatic heterocycles. The molecule has 4 rings (SSSR count). The predicted octanol–water partition coefficient (Wildman–Crippen LogP) is 3.22. The van der Waals surface area contributed by atoms with Gasteiger partial charge in [-0.05, 0) is 37.1 Å². The summed E-state index contributed by atoms with van der Waals surface area (Å²) in [7, 11) is 0. The summed E-state index contributed by atoms with van der Waals surface area (Å²) in [4.78, 5) is 19.5. The number of amides is 1. The zero-order valence-corrected chi connectivity index (χ0v) is 14.5. The minimum atomic E-state index is 0.0661. The van der Waals surface area contributed by atoms with Gasteiger partial charge in [-0.15, -0.1) is 0 Å². The first kappa shape index (κ1) is 16.3. The molecule has 2 aliphatic rings. The maximum Gasteiger partial charge on any atom is 0.272 e. The number of hydrogen-bond acceptors (Lipinski definition) is 3. The first-order valence-corrected chi connectivity index (χ1v) is 9.35. The number of carbonyl (C=O) groups is 1. The summed E-state index contributed by atoms with van der Waals surface area (Å²) in [6, 6.07) is 16.8. The third-order valence-electron chi connectivity index (χ3n) is 5.57. The smallest absolute Gasteiger partial charge is 0.272 e. The Labute approximate surface area is 149 Å². The van der Waals surface area contributed by atoms with Crippen LogP contribution in [0.1, 0.15) is 47.7 Å². The lowest BCUT2D eigenvalue weighted by Crippen LogP contribution is -2.47. The number of nitrogens with zero attached hydrogens (tertiary/aromatic N) is 2. The Kier molecular flexibility index (Phi) is 4.79. The number of rotatable bonds is 2. The number of likely N-dealkylation sites (tertiary alicyclic amines) is 1. The standard InChI is InChI=1S/C21H25N3O/c25-21(18-11-6-8-13-22-18)24-15-17(16-9-3-1-4-10-16)20-19(24)12-5-2-7-14-23-20/h1,3-4,6,8-11,13,17,19-20,23H,2,5,7,12,14-15H2/t17-,19-,20-/m0/s1. The van der Waals surface area contributed by atoms with Gasteiger partial charge in [0.05, 0.1) is 0 Å². The van der Waals surface area contributed by atoms with Crippen molar-refractivity contribution in [1.29, 1.82) is 0 Å². The Bertz CT molecular complexity index is 704. The van der Waals surface area contributed by atoms with Crippen molar-refractivity contribution in [3.8, 4) is 0 Å². The van der Waals surface area contributed by atoms with Crippen LogP contribution in [-0.2, 0) is 0 Å². The highest BCUT2D eigenvalue weighted by Crippen LogP contribution is 2.36. The number of fused-ring (bicyclic) bond motifs is 1. The number of hydrogen-bond donors (Lipinski definition) is 1. The Morgan fingerprint density at radius 2 is 1.88 bits per heavy atom. The van der Waals surface area contributed by atoms with E-state index in [1.807, 2.05) is 18.2 Å². The number of nitrogens with one attached hydrogen (secondary N) is 1. The molecule has 0 bridgehead atoms. The third kappa shape index (κ3) is 3.31. The van der Waals surface area contributed by atoms with E-state index in [1.165, 1.54) is 24.8 Å². The normalized spacial score (nSPS) is 26.6. The molecule has 3 atom stereocenters. The molecule has 25 heavy (non-hydrogen) atoms. The van der Waals surface area contributed by atoms with E-state index in [-0.39, 0.29) is 11.9 Å². The Morgan fingerprint density at radius 3 is 2.68 bits per heavy atom. The highest BCUT2D eigenvalue weighted by atomic mass is 16.2. The van der Waals surface area contributed by atoms with Crippen LogP contribution in [0, 0.1) is 0 Å². The second-order valence-corrected chi connectivity index (χ2v) is 7.09. The highest BCUT2D eigenvalue weighted by molar-refractivity contribution is 5.92. The van der Waals surface area contributed by atoms with Crippen LogP contribution in [0.2, 0.25) is 0 Å². The van der Waals surface area contributed by atoms with Crippen LogP contribution in [0.4, 0.5) is 0 Å². The summed E-state index contributed by atoms with van der Waals surface area (Å²) >= 11 is 0. The summed E-state index contributed by atoms with van der Waals surface area (Å²) in [5, 5.41) is 3.75. The third-order valence-corrected chi connectivity index (χ3v) is 5.57. The van der Waals surface area contributed by atoms with E-state index in [1.54, 1.807) is 6.20 Å². The van der Waals surface area contributed by atoms with E-state index >= 15 is 0 Å². The van der Waals surface area contributed by atoms with Crippen molar-refractivity contribution in [2.45, 2.75) is 43.7 Å². The fourth-order valence-corrected chi connectivity index (χ4v) is 4.34. The van der Waals surface area contributed by atoms with E-state index in [4.69, 9.17) is 0 Å². The summed E-state index contributed by atoms with van der Waals surface area (Å²) in [5.74, 6) is 0.411. The summed E-state index contributed by atoms with van der Waals surface area (Å²) in [5.41, 5.74) is 1.87. The zero-order valence-electron chi connectivity index (χ0n) is 14.5. The van der Waals surface area contributed by atoms with Gasteiger partial charge in [0.25, 0.3) is 5.91 Å². The van der Waals surface area contributed by atoms with Crippen molar-refractivity contribution in [1.82, 2.24) is 15.2 Å². The molecule has 0 aliphatic carbocycles. The van der Waals surface area contributed by atoms with Crippen LogP contribution in [0.15, 0.2) is 54.7 Å². The zero-order chi connectivity index (χ0) is 17.1. The number of pyridine rings is 1. The van der Waals surface area contributed by atoms with Gasteiger partial charge in [-0.1, -0.05) is 49.2 Å². The Balaban J connectivity index is 1.65. The minimum Gasteiger partial charge on any atom is -0.332 e. The Morgan fingerprint density at radius 1 is 1.04 bits per heavy atom. The molecule has 0 spiro atoms. The topological polar surface area (TPSA) is 45.2 Å². The molecule has 4 nitrogen and oxygen atoms in total. The molecule has 2 aromatic rings. The molecule has 3 heterocycles. The predicted molar refractivity (Wildman–Crippen MR) is 98.5 cm³/mol. The van der Waals surface area contributed by atoms with Gasteiger partial charge in [0.2, 0.25) is 0 Å². The van der Waals surface area contributed by atoms with Gasteiger partial charge < -0.3 is 10.2 Å². The van der Waals surface area contributed by atoms with Gasteiger partial charge in [-0.2, -0.15) is 0 Å². The highest BCUT2D eigenvalue weighted by Gasteiger charge is 2.44. The van der Waals surface area contributed by atoms with Crippen molar-refractivity contribution in [2.24, 2.45) is 0 Å². The van der Waals surface area contributed by atoms with Gasteiger partial charge >= 0.3 is 0 Å². The second kappa shape index (κ2) is 7.36. The monoisotopic (exact) mass is 335 g/mol. The first-order chi connectivity index (χ1) is 12.3. The van der Waals surface area contributed by atoms with E-state index < -0.39 is 0 Å². The molecule has 0 saturated carbocycles. The molecule has 2 saturated heterocycles. The fraction of sp³-hybridized carbons (Fsp3) is 0.429. The van der Waals surface area contributed by atoms with E-state index in [2.05, 4.69) is 45.5 Å². The molecule has 2 fully saturated rings. The molecule has 130 valence electrons. The van der Waals surface area contributed by atoms with E-state index in [9.17, 15) is 4.79 Å².